The Morgan fingerprint density at radius 2 is 2.26 bits per heavy atom. The van der Waals surface area contributed by atoms with E-state index in [2.05, 4.69) is 33.5 Å². The molecule has 1 unspecified atom stereocenters. The number of halogens is 1. The molecule has 1 heterocycles. The molecule has 0 saturated carbocycles. The number of phenols is 1. The number of aromatic hydroxyl groups is 1. The van der Waals surface area contributed by atoms with Crippen LogP contribution in [0.1, 0.15) is 30.4 Å². The Labute approximate surface area is 123 Å². The predicted molar refractivity (Wildman–Crippen MR) is 82.6 cm³/mol. The maximum atomic E-state index is 10.2. The zero-order valence-corrected chi connectivity index (χ0v) is 13.0. The normalized spacial score (nSPS) is 19.2. The highest BCUT2D eigenvalue weighted by Crippen LogP contribution is 2.39. The van der Waals surface area contributed by atoms with Crippen molar-refractivity contribution < 1.29 is 9.84 Å². The van der Waals surface area contributed by atoms with Crippen LogP contribution < -0.4 is 4.90 Å². The number of ether oxygens (including phenoxy) is 1. The Balaban J connectivity index is 2.40. The number of phenolic OH excluding ortho intramolecular Hbond substituents is 1. The second-order valence-corrected chi connectivity index (χ2v) is 5.72. The van der Waals surface area contributed by atoms with E-state index >= 15 is 0 Å². The highest BCUT2D eigenvalue weighted by atomic mass is 79.9. The van der Waals surface area contributed by atoms with Crippen LogP contribution in [0.15, 0.2) is 17.1 Å². The third kappa shape index (κ3) is 2.79. The third-order valence-corrected chi connectivity index (χ3v) is 4.61. The van der Waals surface area contributed by atoms with Crippen LogP contribution in [-0.4, -0.2) is 25.0 Å². The quantitative estimate of drug-likeness (QED) is 0.909. The Hall–Kier alpha value is -1.00. The summed E-state index contributed by atoms with van der Waals surface area (Å²) in [5.74, 6) is 0.243. The van der Waals surface area contributed by atoms with E-state index in [0.717, 1.165) is 40.7 Å². The van der Waals surface area contributed by atoms with Crippen molar-refractivity contribution in [2.45, 2.75) is 32.4 Å². The van der Waals surface area contributed by atoms with Gasteiger partial charge < -0.3 is 14.7 Å². The molecule has 1 atom stereocenters. The zero-order valence-electron chi connectivity index (χ0n) is 11.4. The number of hydrogen-bond acceptors (Lipinski definition) is 3. The first kappa shape index (κ1) is 14.4. The minimum atomic E-state index is 0.0763. The van der Waals surface area contributed by atoms with Gasteiger partial charge in [0.05, 0.1) is 4.47 Å². The molecule has 0 aromatic heterocycles. The number of nitrogens with zero attached hydrogens (tertiary/aromatic N) is 1. The molecule has 1 saturated heterocycles. The van der Waals surface area contributed by atoms with Crippen LogP contribution in [0.25, 0.3) is 6.08 Å². The van der Waals surface area contributed by atoms with Crippen molar-refractivity contribution in [1.29, 1.82) is 0 Å². The lowest BCUT2D eigenvalue weighted by molar-refractivity contribution is 0.0173. The van der Waals surface area contributed by atoms with Gasteiger partial charge in [-0.1, -0.05) is 12.7 Å². The summed E-state index contributed by atoms with van der Waals surface area (Å²) in [6, 6.07) is 2.05. The average molecular weight is 326 g/mol. The maximum Gasteiger partial charge on any atom is 0.139 e. The van der Waals surface area contributed by atoms with Gasteiger partial charge >= 0.3 is 0 Å². The molecule has 1 aromatic rings. The molecule has 2 rings (SSSR count). The SMILES string of the molecule is C=Cc1c(N(C)C2CCCCO2)cc(C)c(Br)c1O. The number of anilines is 1. The highest BCUT2D eigenvalue weighted by Gasteiger charge is 2.22. The van der Waals surface area contributed by atoms with E-state index in [1.54, 1.807) is 6.08 Å². The van der Waals surface area contributed by atoms with Crippen LogP contribution in [-0.2, 0) is 4.74 Å². The molecule has 1 fully saturated rings. The van der Waals surface area contributed by atoms with Gasteiger partial charge in [0.2, 0.25) is 0 Å². The first-order valence-corrected chi connectivity index (χ1v) is 7.34. The average Bonchev–Trinajstić information content (AvgIpc) is 2.44. The van der Waals surface area contributed by atoms with E-state index in [1.807, 2.05) is 14.0 Å². The molecule has 1 aliphatic rings. The van der Waals surface area contributed by atoms with Gasteiger partial charge in [0.1, 0.15) is 12.0 Å². The molecule has 1 N–H and O–H groups in total. The summed E-state index contributed by atoms with van der Waals surface area (Å²) in [5.41, 5.74) is 2.70. The minimum Gasteiger partial charge on any atom is -0.506 e. The summed E-state index contributed by atoms with van der Waals surface area (Å²) in [6.45, 7) is 6.58. The van der Waals surface area contributed by atoms with Gasteiger partial charge in [-0.05, 0) is 53.7 Å². The summed E-state index contributed by atoms with van der Waals surface area (Å²) in [4.78, 5) is 2.09. The largest absolute Gasteiger partial charge is 0.506 e. The summed E-state index contributed by atoms with van der Waals surface area (Å²) in [7, 11) is 2.01. The highest BCUT2D eigenvalue weighted by molar-refractivity contribution is 9.10. The molecule has 3 nitrogen and oxygen atoms in total. The molecule has 19 heavy (non-hydrogen) atoms. The topological polar surface area (TPSA) is 32.7 Å². The first-order valence-electron chi connectivity index (χ1n) is 6.55. The van der Waals surface area contributed by atoms with Gasteiger partial charge in [0.25, 0.3) is 0 Å². The number of aryl methyl sites for hydroxylation is 1. The smallest absolute Gasteiger partial charge is 0.139 e. The molecular formula is C15H20BrNO2. The predicted octanol–water partition coefficient (Wildman–Crippen LogP) is 4.07. The van der Waals surface area contributed by atoms with E-state index in [1.165, 1.54) is 6.42 Å². The second kappa shape index (κ2) is 5.97. The monoisotopic (exact) mass is 325 g/mol. The minimum absolute atomic E-state index is 0.0763. The van der Waals surface area contributed by atoms with Crippen molar-refractivity contribution in [3.8, 4) is 5.75 Å². The molecule has 0 radical (unpaired) electrons. The van der Waals surface area contributed by atoms with Gasteiger partial charge in [0, 0.05) is 24.9 Å². The van der Waals surface area contributed by atoms with Crippen LogP contribution in [0.4, 0.5) is 5.69 Å². The van der Waals surface area contributed by atoms with Gasteiger partial charge in [0.15, 0.2) is 0 Å². The van der Waals surface area contributed by atoms with Crippen molar-refractivity contribution in [3.63, 3.8) is 0 Å². The summed E-state index contributed by atoms with van der Waals surface area (Å²) < 4.78 is 6.53. The van der Waals surface area contributed by atoms with Crippen molar-refractivity contribution >= 4 is 27.7 Å². The van der Waals surface area contributed by atoms with Crippen molar-refractivity contribution in [2.75, 3.05) is 18.6 Å². The van der Waals surface area contributed by atoms with Gasteiger partial charge in [-0.25, -0.2) is 0 Å². The van der Waals surface area contributed by atoms with E-state index in [9.17, 15) is 5.11 Å². The lowest BCUT2D eigenvalue weighted by Crippen LogP contribution is -2.37. The fourth-order valence-electron chi connectivity index (χ4n) is 2.45. The van der Waals surface area contributed by atoms with Crippen LogP contribution in [0.2, 0.25) is 0 Å². The van der Waals surface area contributed by atoms with Crippen molar-refractivity contribution in [2.24, 2.45) is 0 Å². The van der Waals surface area contributed by atoms with Crippen molar-refractivity contribution in [3.05, 3.63) is 28.2 Å². The standard InChI is InChI=1S/C15H20BrNO2/c1-4-11-12(9-10(2)14(16)15(11)18)17(3)13-7-5-6-8-19-13/h4,9,13,18H,1,5-8H2,2-3H3. The van der Waals surface area contributed by atoms with E-state index < -0.39 is 0 Å². The number of rotatable bonds is 3. The molecule has 0 spiro atoms. The number of hydrogen-bond donors (Lipinski definition) is 1. The number of benzene rings is 1. The second-order valence-electron chi connectivity index (χ2n) is 4.93. The van der Waals surface area contributed by atoms with Crippen LogP contribution in [0.3, 0.4) is 0 Å². The molecule has 1 aliphatic heterocycles. The van der Waals surface area contributed by atoms with E-state index in [-0.39, 0.29) is 12.0 Å². The Kier molecular flexibility index (Phi) is 4.53. The van der Waals surface area contributed by atoms with Crippen LogP contribution >= 0.6 is 15.9 Å². The first-order chi connectivity index (χ1) is 9.06. The third-order valence-electron chi connectivity index (χ3n) is 3.61. The molecule has 0 bridgehead atoms. The fraction of sp³-hybridized carbons (Fsp3) is 0.467. The van der Waals surface area contributed by atoms with Gasteiger partial charge in [-0.3, -0.25) is 0 Å². The summed E-state index contributed by atoms with van der Waals surface area (Å²) >= 11 is 3.40. The van der Waals surface area contributed by atoms with Crippen LogP contribution in [0, 0.1) is 6.92 Å². The van der Waals surface area contributed by atoms with Crippen molar-refractivity contribution in [1.82, 2.24) is 0 Å². The van der Waals surface area contributed by atoms with E-state index in [4.69, 9.17) is 4.74 Å². The Morgan fingerprint density at radius 1 is 1.53 bits per heavy atom. The lowest BCUT2D eigenvalue weighted by Gasteiger charge is -2.34. The molecule has 1 aromatic carbocycles. The maximum absolute atomic E-state index is 10.2. The van der Waals surface area contributed by atoms with Crippen LogP contribution in [0.5, 0.6) is 5.75 Å². The molecule has 0 aliphatic carbocycles. The summed E-state index contributed by atoms with van der Waals surface area (Å²) in [5, 5.41) is 10.2. The fourth-order valence-corrected chi connectivity index (χ4v) is 2.78. The zero-order chi connectivity index (χ0) is 14.0. The molecule has 104 valence electrons. The molecule has 4 heteroatoms. The Bertz CT molecular complexity index is 482. The molecule has 0 amide bonds. The molecular weight excluding hydrogens is 306 g/mol. The van der Waals surface area contributed by atoms with Gasteiger partial charge in [-0.15, -0.1) is 0 Å². The van der Waals surface area contributed by atoms with E-state index in [0.29, 0.717) is 0 Å². The lowest BCUT2D eigenvalue weighted by atomic mass is 10.1. The summed E-state index contributed by atoms with van der Waals surface area (Å²) in [6.07, 6.45) is 5.09. The van der Waals surface area contributed by atoms with Gasteiger partial charge in [-0.2, -0.15) is 0 Å². The Morgan fingerprint density at radius 3 is 2.84 bits per heavy atom.